The fraction of sp³-hybridized carbons (Fsp3) is 0.267. The van der Waals surface area contributed by atoms with E-state index in [1.54, 1.807) is 54.4 Å². The Balaban J connectivity index is 1.98. The van der Waals surface area contributed by atoms with Crippen LogP contribution in [0.4, 0.5) is 5.69 Å². The fourth-order valence-corrected chi connectivity index (χ4v) is 2.20. The van der Waals surface area contributed by atoms with Crippen LogP contribution < -0.4 is 15.8 Å². The maximum Gasteiger partial charge on any atom is 0.241 e. The van der Waals surface area contributed by atoms with Gasteiger partial charge in [-0.2, -0.15) is 16.9 Å². The van der Waals surface area contributed by atoms with Gasteiger partial charge in [0.25, 0.3) is 0 Å². The molecule has 0 aliphatic carbocycles. The van der Waals surface area contributed by atoms with Crippen LogP contribution in [-0.4, -0.2) is 34.2 Å². The first kappa shape index (κ1) is 16.3. The van der Waals surface area contributed by atoms with Crippen molar-refractivity contribution < 1.29 is 9.53 Å². The SMILES string of the molecule is CSCC[C@H](N)C(=O)Nc1cccc(Oc2cccnn2)c1. The summed E-state index contributed by atoms with van der Waals surface area (Å²) in [5, 5.41) is 10.4. The lowest BCUT2D eigenvalue weighted by Gasteiger charge is -2.12. The lowest BCUT2D eigenvalue weighted by atomic mass is 10.2. The van der Waals surface area contributed by atoms with E-state index in [2.05, 4.69) is 15.5 Å². The van der Waals surface area contributed by atoms with Crippen molar-refractivity contribution in [2.24, 2.45) is 5.73 Å². The molecule has 1 amide bonds. The quantitative estimate of drug-likeness (QED) is 0.814. The molecular weight excluding hydrogens is 300 g/mol. The number of ether oxygens (including phenoxy) is 1. The van der Waals surface area contributed by atoms with Gasteiger partial charge < -0.3 is 15.8 Å². The molecule has 6 nitrogen and oxygen atoms in total. The largest absolute Gasteiger partial charge is 0.437 e. The number of amides is 1. The second-order valence-corrected chi connectivity index (χ2v) is 5.55. The van der Waals surface area contributed by atoms with Gasteiger partial charge in [0.2, 0.25) is 11.8 Å². The number of hydrogen-bond donors (Lipinski definition) is 2. The zero-order valence-corrected chi connectivity index (χ0v) is 13.0. The molecular formula is C15H18N4O2S. The van der Waals surface area contributed by atoms with Gasteiger partial charge in [-0.1, -0.05) is 6.07 Å². The second-order valence-electron chi connectivity index (χ2n) is 4.57. The van der Waals surface area contributed by atoms with Crippen molar-refractivity contribution in [3.8, 4) is 11.6 Å². The lowest BCUT2D eigenvalue weighted by Crippen LogP contribution is -2.36. The summed E-state index contributed by atoms with van der Waals surface area (Å²) in [4.78, 5) is 12.0. The Morgan fingerprint density at radius 2 is 2.27 bits per heavy atom. The van der Waals surface area contributed by atoms with Crippen molar-refractivity contribution in [2.45, 2.75) is 12.5 Å². The van der Waals surface area contributed by atoms with Gasteiger partial charge in [0.1, 0.15) is 5.75 Å². The standard InChI is InChI=1S/C15H18N4O2S/c1-22-9-7-13(16)15(20)18-11-4-2-5-12(10-11)21-14-6-3-8-17-19-14/h2-6,8,10,13H,7,9,16H2,1H3,(H,18,20)/t13-/m0/s1. The van der Waals surface area contributed by atoms with E-state index >= 15 is 0 Å². The maximum atomic E-state index is 12.0. The first-order valence-electron chi connectivity index (χ1n) is 6.80. The number of carbonyl (C=O) groups excluding carboxylic acids is 1. The first-order valence-corrected chi connectivity index (χ1v) is 8.19. The van der Waals surface area contributed by atoms with Crippen molar-refractivity contribution in [2.75, 3.05) is 17.3 Å². The number of thioether (sulfide) groups is 1. The van der Waals surface area contributed by atoms with Crippen LogP contribution in [0, 0.1) is 0 Å². The molecule has 0 radical (unpaired) electrons. The molecule has 1 atom stereocenters. The zero-order valence-electron chi connectivity index (χ0n) is 12.2. The Morgan fingerprint density at radius 1 is 1.41 bits per heavy atom. The average molecular weight is 318 g/mol. The number of nitrogens with two attached hydrogens (primary N) is 1. The van der Waals surface area contributed by atoms with Crippen molar-refractivity contribution in [1.29, 1.82) is 0 Å². The summed E-state index contributed by atoms with van der Waals surface area (Å²) in [5.74, 6) is 1.61. The van der Waals surface area contributed by atoms with Crippen LogP contribution in [0.5, 0.6) is 11.6 Å². The van der Waals surface area contributed by atoms with Gasteiger partial charge in [-0.15, -0.1) is 5.10 Å². The summed E-state index contributed by atoms with van der Waals surface area (Å²) in [6.07, 6.45) is 4.19. The number of aromatic nitrogens is 2. The first-order chi connectivity index (χ1) is 10.7. The highest BCUT2D eigenvalue weighted by atomic mass is 32.2. The van der Waals surface area contributed by atoms with Gasteiger partial charge in [0, 0.05) is 24.0 Å². The number of benzene rings is 1. The van der Waals surface area contributed by atoms with E-state index in [0.29, 0.717) is 23.7 Å². The topological polar surface area (TPSA) is 90.1 Å². The van der Waals surface area contributed by atoms with E-state index in [0.717, 1.165) is 5.75 Å². The smallest absolute Gasteiger partial charge is 0.241 e. The van der Waals surface area contributed by atoms with Gasteiger partial charge in [0.15, 0.2) is 0 Å². The molecule has 0 saturated carbocycles. The predicted molar refractivity (Wildman–Crippen MR) is 88.2 cm³/mol. The summed E-state index contributed by atoms with van der Waals surface area (Å²) in [6.45, 7) is 0. The highest BCUT2D eigenvalue weighted by molar-refractivity contribution is 7.98. The average Bonchev–Trinajstić information content (AvgIpc) is 2.54. The normalized spacial score (nSPS) is 11.7. The number of nitrogens with zero attached hydrogens (tertiary/aromatic N) is 2. The number of nitrogens with one attached hydrogen (secondary N) is 1. The molecule has 2 aromatic rings. The Bertz CT molecular complexity index is 610. The Labute approximate surface area is 133 Å². The third-order valence-corrected chi connectivity index (χ3v) is 3.49. The predicted octanol–water partition coefficient (Wildman–Crippen LogP) is 2.29. The third kappa shape index (κ3) is 5.01. The third-order valence-electron chi connectivity index (χ3n) is 2.84. The minimum absolute atomic E-state index is 0.203. The summed E-state index contributed by atoms with van der Waals surface area (Å²) < 4.78 is 5.57. The number of anilines is 1. The van der Waals surface area contributed by atoms with Crippen LogP contribution >= 0.6 is 11.8 Å². The minimum atomic E-state index is -0.517. The van der Waals surface area contributed by atoms with Gasteiger partial charge in [-0.05, 0) is 36.6 Å². The van der Waals surface area contributed by atoms with E-state index < -0.39 is 6.04 Å². The molecule has 0 bridgehead atoms. The second kappa shape index (κ2) is 8.35. The summed E-state index contributed by atoms with van der Waals surface area (Å²) in [6, 6.07) is 9.98. The van der Waals surface area contributed by atoms with Gasteiger partial charge in [-0.25, -0.2) is 0 Å². The molecule has 1 aromatic carbocycles. The van der Waals surface area contributed by atoms with Crippen LogP contribution in [0.1, 0.15) is 6.42 Å². The molecule has 116 valence electrons. The van der Waals surface area contributed by atoms with E-state index in [-0.39, 0.29) is 5.91 Å². The molecule has 2 rings (SSSR count). The van der Waals surface area contributed by atoms with Crippen molar-refractivity contribution >= 4 is 23.4 Å². The molecule has 0 aliphatic rings. The molecule has 0 saturated heterocycles. The zero-order chi connectivity index (χ0) is 15.8. The summed E-state index contributed by atoms with van der Waals surface area (Å²) in [5.41, 5.74) is 6.47. The lowest BCUT2D eigenvalue weighted by molar-refractivity contribution is -0.117. The van der Waals surface area contributed by atoms with Gasteiger partial charge in [-0.3, -0.25) is 4.79 Å². The monoisotopic (exact) mass is 318 g/mol. The highest BCUT2D eigenvalue weighted by Crippen LogP contribution is 2.22. The Morgan fingerprint density at radius 3 is 3.00 bits per heavy atom. The molecule has 0 fully saturated rings. The molecule has 22 heavy (non-hydrogen) atoms. The number of carbonyl (C=O) groups is 1. The molecule has 0 unspecified atom stereocenters. The van der Waals surface area contributed by atoms with Crippen LogP contribution in [0.15, 0.2) is 42.6 Å². The van der Waals surface area contributed by atoms with Crippen LogP contribution in [0.3, 0.4) is 0 Å². The Hall–Kier alpha value is -2.12. The van der Waals surface area contributed by atoms with Crippen LogP contribution in [0.25, 0.3) is 0 Å². The van der Waals surface area contributed by atoms with E-state index in [9.17, 15) is 4.79 Å². The van der Waals surface area contributed by atoms with Crippen molar-refractivity contribution in [1.82, 2.24) is 10.2 Å². The van der Waals surface area contributed by atoms with Crippen molar-refractivity contribution in [3.63, 3.8) is 0 Å². The Kier molecular flexibility index (Phi) is 6.17. The van der Waals surface area contributed by atoms with E-state index in [1.807, 2.05) is 6.26 Å². The fourth-order valence-electron chi connectivity index (χ4n) is 1.71. The van der Waals surface area contributed by atoms with Gasteiger partial charge >= 0.3 is 0 Å². The summed E-state index contributed by atoms with van der Waals surface area (Å²) in [7, 11) is 0. The minimum Gasteiger partial charge on any atom is -0.437 e. The molecule has 0 spiro atoms. The molecule has 0 aliphatic heterocycles. The summed E-state index contributed by atoms with van der Waals surface area (Å²) >= 11 is 1.66. The molecule has 7 heteroatoms. The van der Waals surface area contributed by atoms with E-state index in [1.165, 1.54) is 0 Å². The van der Waals surface area contributed by atoms with Crippen LogP contribution in [-0.2, 0) is 4.79 Å². The maximum absolute atomic E-state index is 12.0. The molecule has 1 aromatic heterocycles. The van der Waals surface area contributed by atoms with Crippen LogP contribution in [0.2, 0.25) is 0 Å². The van der Waals surface area contributed by atoms with Gasteiger partial charge in [0.05, 0.1) is 6.04 Å². The van der Waals surface area contributed by atoms with Crippen molar-refractivity contribution in [3.05, 3.63) is 42.6 Å². The number of rotatable bonds is 7. The number of hydrogen-bond acceptors (Lipinski definition) is 6. The molecule has 3 N–H and O–H groups in total. The van der Waals surface area contributed by atoms with E-state index in [4.69, 9.17) is 10.5 Å². The highest BCUT2D eigenvalue weighted by Gasteiger charge is 2.13. The molecule has 1 heterocycles.